The van der Waals surface area contributed by atoms with Gasteiger partial charge in [0.2, 0.25) is 10.0 Å². The van der Waals surface area contributed by atoms with Crippen molar-refractivity contribution in [3.05, 3.63) is 0 Å². The maximum Gasteiger partial charge on any atom is 0.262 e. The second-order valence-electron chi connectivity index (χ2n) is 3.27. The van der Waals surface area contributed by atoms with E-state index in [0.717, 1.165) is 0 Å². The Hall–Kier alpha value is -0.600. The molecule has 0 amide bonds. The Morgan fingerprint density at radius 2 is 2.14 bits per heavy atom. The standard InChI is InChI=1S/C6H10F2N2O3S/c7-6(8)1-4(10-3-6)5(11)2-14(9,12)13/h4,10H,1-3H2,(H2,9,12,13)/t4-/m0/s1. The number of alkyl halides is 2. The number of nitrogens with two attached hydrogens (primary N) is 1. The summed E-state index contributed by atoms with van der Waals surface area (Å²) in [5, 5.41) is 6.86. The molecule has 0 radical (unpaired) electrons. The molecule has 1 fully saturated rings. The molecular weight excluding hydrogens is 218 g/mol. The van der Waals surface area contributed by atoms with Gasteiger partial charge in [0.15, 0.2) is 5.78 Å². The SMILES string of the molecule is NS(=O)(=O)CC(=O)[C@@H]1CC(F)(F)CN1. The molecule has 1 rings (SSSR count). The third-order valence-corrected chi connectivity index (χ3v) is 2.53. The van der Waals surface area contributed by atoms with Crippen LogP contribution in [-0.4, -0.2) is 38.5 Å². The van der Waals surface area contributed by atoms with Crippen LogP contribution in [-0.2, 0) is 14.8 Å². The minimum absolute atomic E-state index is 0.603. The van der Waals surface area contributed by atoms with Crippen LogP contribution in [0.15, 0.2) is 0 Å². The Morgan fingerprint density at radius 3 is 2.50 bits per heavy atom. The third-order valence-electron chi connectivity index (χ3n) is 1.84. The van der Waals surface area contributed by atoms with Crippen molar-refractivity contribution >= 4 is 15.8 Å². The number of carbonyl (C=O) groups excluding carboxylic acids is 1. The van der Waals surface area contributed by atoms with Gasteiger partial charge >= 0.3 is 0 Å². The average molecular weight is 228 g/mol. The van der Waals surface area contributed by atoms with Gasteiger partial charge in [0.05, 0.1) is 12.6 Å². The van der Waals surface area contributed by atoms with E-state index in [9.17, 15) is 22.0 Å². The molecule has 0 aromatic carbocycles. The molecule has 0 bridgehead atoms. The number of sulfonamides is 1. The highest BCUT2D eigenvalue weighted by Crippen LogP contribution is 2.25. The van der Waals surface area contributed by atoms with E-state index in [1.807, 2.05) is 0 Å². The average Bonchev–Trinajstić information content (AvgIpc) is 2.26. The minimum atomic E-state index is -3.93. The van der Waals surface area contributed by atoms with Crippen molar-refractivity contribution in [2.45, 2.75) is 18.4 Å². The van der Waals surface area contributed by atoms with Gasteiger partial charge in [0.1, 0.15) is 5.75 Å². The molecule has 0 aromatic rings. The molecule has 82 valence electrons. The van der Waals surface area contributed by atoms with Gasteiger partial charge < -0.3 is 5.32 Å². The van der Waals surface area contributed by atoms with E-state index in [2.05, 4.69) is 10.5 Å². The summed E-state index contributed by atoms with van der Waals surface area (Å²) < 4.78 is 46.2. The summed E-state index contributed by atoms with van der Waals surface area (Å²) in [6, 6.07) is -1.11. The molecule has 1 atom stereocenters. The van der Waals surface area contributed by atoms with Gasteiger partial charge in [0.25, 0.3) is 5.92 Å². The van der Waals surface area contributed by atoms with Crippen molar-refractivity contribution in [1.29, 1.82) is 0 Å². The summed E-state index contributed by atoms with van der Waals surface area (Å²) in [5.41, 5.74) is 0. The van der Waals surface area contributed by atoms with Crippen LogP contribution in [0.4, 0.5) is 8.78 Å². The minimum Gasteiger partial charge on any atom is -0.302 e. The molecule has 1 aliphatic heterocycles. The van der Waals surface area contributed by atoms with Crippen LogP contribution in [0.5, 0.6) is 0 Å². The van der Waals surface area contributed by atoms with Crippen LogP contribution in [0.3, 0.4) is 0 Å². The number of hydrogen-bond acceptors (Lipinski definition) is 4. The van der Waals surface area contributed by atoms with Crippen LogP contribution in [0.25, 0.3) is 0 Å². The largest absolute Gasteiger partial charge is 0.302 e. The highest BCUT2D eigenvalue weighted by atomic mass is 32.2. The topological polar surface area (TPSA) is 89.3 Å². The Kier molecular flexibility index (Phi) is 2.88. The zero-order valence-corrected chi connectivity index (χ0v) is 7.98. The van der Waals surface area contributed by atoms with Crippen molar-refractivity contribution in [1.82, 2.24) is 5.32 Å². The van der Waals surface area contributed by atoms with Crippen LogP contribution >= 0.6 is 0 Å². The van der Waals surface area contributed by atoms with E-state index in [0.29, 0.717) is 0 Å². The lowest BCUT2D eigenvalue weighted by Crippen LogP contribution is -2.37. The summed E-state index contributed by atoms with van der Waals surface area (Å²) in [5.74, 6) is -4.66. The lowest BCUT2D eigenvalue weighted by molar-refractivity contribution is -0.118. The molecular formula is C6H10F2N2O3S. The van der Waals surface area contributed by atoms with Gasteiger partial charge in [-0.15, -0.1) is 0 Å². The second kappa shape index (κ2) is 3.52. The van der Waals surface area contributed by atoms with Crippen molar-refractivity contribution in [3.8, 4) is 0 Å². The number of ketones is 1. The molecule has 0 aliphatic carbocycles. The number of rotatable bonds is 3. The number of Topliss-reactive ketones (excluding diaryl/α,β-unsaturated/α-hetero) is 1. The van der Waals surface area contributed by atoms with Gasteiger partial charge in [0, 0.05) is 6.42 Å². The number of halogens is 2. The molecule has 1 heterocycles. The van der Waals surface area contributed by atoms with E-state index in [1.54, 1.807) is 0 Å². The zero-order valence-electron chi connectivity index (χ0n) is 7.16. The van der Waals surface area contributed by atoms with Crippen LogP contribution in [0, 0.1) is 0 Å². The first-order valence-electron chi connectivity index (χ1n) is 3.84. The number of primary sulfonamides is 1. The Morgan fingerprint density at radius 1 is 1.57 bits per heavy atom. The molecule has 8 heteroatoms. The molecule has 3 N–H and O–H groups in total. The summed E-state index contributed by atoms with van der Waals surface area (Å²) in [4.78, 5) is 11.1. The van der Waals surface area contributed by atoms with Gasteiger partial charge in [-0.25, -0.2) is 22.3 Å². The monoisotopic (exact) mass is 228 g/mol. The van der Waals surface area contributed by atoms with Gasteiger partial charge in [-0.3, -0.25) is 4.79 Å². The van der Waals surface area contributed by atoms with Gasteiger partial charge in [-0.2, -0.15) is 0 Å². The normalized spacial score (nSPS) is 26.4. The predicted octanol–water partition coefficient (Wildman–Crippen LogP) is -1.16. The maximum atomic E-state index is 12.6. The first kappa shape index (κ1) is 11.5. The zero-order chi connectivity index (χ0) is 11.0. The highest BCUT2D eigenvalue weighted by molar-refractivity contribution is 7.89. The van der Waals surface area contributed by atoms with Crippen LogP contribution in [0.2, 0.25) is 0 Å². The lowest BCUT2D eigenvalue weighted by atomic mass is 10.1. The Labute approximate surface area is 79.7 Å². The van der Waals surface area contributed by atoms with E-state index in [-0.39, 0.29) is 0 Å². The fourth-order valence-corrected chi connectivity index (χ4v) is 1.84. The molecule has 0 saturated carbocycles. The smallest absolute Gasteiger partial charge is 0.262 e. The lowest BCUT2D eigenvalue weighted by Gasteiger charge is -2.07. The highest BCUT2D eigenvalue weighted by Gasteiger charge is 2.42. The van der Waals surface area contributed by atoms with Gasteiger partial charge in [-0.1, -0.05) is 0 Å². The maximum absolute atomic E-state index is 12.6. The quantitative estimate of drug-likeness (QED) is 0.637. The molecule has 0 unspecified atom stereocenters. The van der Waals surface area contributed by atoms with Crippen molar-refractivity contribution in [3.63, 3.8) is 0 Å². The molecule has 14 heavy (non-hydrogen) atoms. The summed E-state index contributed by atoms with van der Waals surface area (Å²) in [6.07, 6.45) is -0.665. The van der Waals surface area contributed by atoms with E-state index >= 15 is 0 Å². The molecule has 1 saturated heterocycles. The molecule has 5 nitrogen and oxygen atoms in total. The van der Waals surface area contributed by atoms with Crippen LogP contribution in [0.1, 0.15) is 6.42 Å². The molecule has 1 aliphatic rings. The Bertz CT molecular complexity index is 341. The fourth-order valence-electron chi connectivity index (χ4n) is 1.24. The second-order valence-corrected chi connectivity index (χ2v) is 4.88. The first-order valence-corrected chi connectivity index (χ1v) is 5.56. The summed E-state index contributed by atoms with van der Waals surface area (Å²) >= 11 is 0. The number of carbonyl (C=O) groups is 1. The Balaban J connectivity index is 2.57. The third kappa shape index (κ3) is 3.28. The predicted molar refractivity (Wildman–Crippen MR) is 44.3 cm³/mol. The van der Waals surface area contributed by atoms with Gasteiger partial charge in [-0.05, 0) is 0 Å². The van der Waals surface area contributed by atoms with Crippen molar-refractivity contribution in [2.75, 3.05) is 12.3 Å². The van der Waals surface area contributed by atoms with Crippen molar-refractivity contribution in [2.24, 2.45) is 5.14 Å². The summed E-state index contributed by atoms with van der Waals surface area (Å²) in [7, 11) is -3.93. The fraction of sp³-hybridized carbons (Fsp3) is 0.833. The summed E-state index contributed by atoms with van der Waals surface area (Å²) in [6.45, 7) is -0.603. The molecule has 0 aromatic heterocycles. The van der Waals surface area contributed by atoms with E-state index < -0.39 is 46.5 Å². The number of nitrogens with one attached hydrogen (secondary N) is 1. The molecule has 0 spiro atoms. The van der Waals surface area contributed by atoms with E-state index in [4.69, 9.17) is 0 Å². The van der Waals surface area contributed by atoms with Crippen LogP contribution < -0.4 is 10.5 Å². The van der Waals surface area contributed by atoms with Crippen molar-refractivity contribution < 1.29 is 22.0 Å². The van der Waals surface area contributed by atoms with E-state index in [1.165, 1.54) is 0 Å². The number of hydrogen-bond donors (Lipinski definition) is 2. The first-order chi connectivity index (χ1) is 6.20.